The van der Waals surface area contributed by atoms with Gasteiger partial charge in [0, 0.05) is 30.1 Å². The molecule has 3 aromatic rings. The van der Waals surface area contributed by atoms with E-state index in [9.17, 15) is 18.0 Å². The minimum Gasteiger partial charge on any atom is -0.379 e. The van der Waals surface area contributed by atoms with Gasteiger partial charge < -0.3 is 10.1 Å². The number of alkyl halides is 3. The Morgan fingerprint density at radius 3 is 2.76 bits per heavy atom. The number of aryl methyl sites for hydroxylation is 1. The average Bonchev–Trinajstić information content (AvgIpc) is 3.28. The third-order valence-corrected chi connectivity index (χ3v) is 4.84. The van der Waals surface area contributed by atoms with E-state index in [1.165, 1.54) is 13.0 Å². The number of carbonyl (C=O) groups excluding carboxylic acids is 1. The van der Waals surface area contributed by atoms with Gasteiger partial charge in [-0.15, -0.1) is 0 Å². The summed E-state index contributed by atoms with van der Waals surface area (Å²) >= 11 is 0. The number of nitrogens with one attached hydrogen (secondary N) is 1. The van der Waals surface area contributed by atoms with Crippen LogP contribution in [0.1, 0.15) is 27.4 Å². The topological polar surface area (TPSA) is 81.4 Å². The molecule has 4 heterocycles. The molecule has 4 rings (SSSR count). The van der Waals surface area contributed by atoms with Crippen molar-refractivity contribution in [3.8, 4) is 0 Å². The van der Waals surface area contributed by atoms with Gasteiger partial charge in [0.2, 0.25) is 0 Å². The van der Waals surface area contributed by atoms with Crippen LogP contribution in [-0.4, -0.2) is 44.7 Å². The molecule has 29 heavy (non-hydrogen) atoms. The van der Waals surface area contributed by atoms with Gasteiger partial charge in [0.1, 0.15) is 5.69 Å². The van der Waals surface area contributed by atoms with E-state index >= 15 is 0 Å². The molecule has 1 aliphatic rings. The van der Waals surface area contributed by atoms with Crippen molar-refractivity contribution < 1.29 is 22.7 Å². The van der Waals surface area contributed by atoms with Gasteiger partial charge in [-0.05, 0) is 37.1 Å². The van der Waals surface area contributed by atoms with Crippen molar-refractivity contribution in [2.24, 2.45) is 5.92 Å². The summed E-state index contributed by atoms with van der Waals surface area (Å²) in [5.41, 5.74) is 0.135. The average molecular weight is 405 g/mol. The molecule has 1 N–H and O–H groups in total. The van der Waals surface area contributed by atoms with Gasteiger partial charge in [0.25, 0.3) is 5.91 Å². The fourth-order valence-corrected chi connectivity index (χ4v) is 3.44. The van der Waals surface area contributed by atoms with E-state index in [1.807, 2.05) is 12.1 Å². The van der Waals surface area contributed by atoms with Crippen molar-refractivity contribution in [3.05, 3.63) is 59.3 Å². The molecule has 10 heteroatoms. The number of carbonyl (C=O) groups is 1. The second-order valence-electron chi connectivity index (χ2n) is 7.02. The highest BCUT2D eigenvalue weighted by Crippen LogP contribution is 2.30. The Morgan fingerprint density at radius 1 is 1.28 bits per heavy atom. The number of nitrogens with zero attached hydrogens (tertiary/aromatic N) is 4. The van der Waals surface area contributed by atoms with Crippen LogP contribution in [0.4, 0.5) is 13.2 Å². The molecule has 0 spiro atoms. The number of amides is 1. The zero-order valence-electron chi connectivity index (χ0n) is 15.5. The number of rotatable bonds is 4. The molecule has 0 radical (unpaired) electrons. The van der Waals surface area contributed by atoms with Crippen LogP contribution in [0.15, 0.2) is 36.7 Å². The first-order chi connectivity index (χ1) is 13.8. The van der Waals surface area contributed by atoms with Crippen molar-refractivity contribution in [2.45, 2.75) is 25.6 Å². The number of halogens is 3. The van der Waals surface area contributed by atoms with E-state index in [0.717, 1.165) is 11.6 Å². The molecule has 1 fully saturated rings. The Kier molecular flexibility index (Phi) is 4.95. The van der Waals surface area contributed by atoms with Crippen LogP contribution in [0.25, 0.3) is 5.65 Å². The molecule has 0 aromatic carbocycles. The van der Waals surface area contributed by atoms with Gasteiger partial charge in [-0.25, -0.2) is 9.50 Å². The van der Waals surface area contributed by atoms with E-state index in [-0.39, 0.29) is 29.0 Å². The Balaban J connectivity index is 1.54. The maximum atomic E-state index is 13.3. The summed E-state index contributed by atoms with van der Waals surface area (Å²) in [6.45, 7) is 2.28. The van der Waals surface area contributed by atoms with Gasteiger partial charge in [-0.2, -0.15) is 18.3 Å². The number of pyridine rings is 1. The van der Waals surface area contributed by atoms with Crippen LogP contribution in [0, 0.1) is 12.8 Å². The second kappa shape index (κ2) is 7.43. The normalized spacial score (nSPS) is 19.6. The molecule has 0 unspecified atom stereocenters. The highest BCUT2D eigenvalue weighted by Gasteiger charge is 2.36. The number of ether oxygens (including phenoxy) is 1. The van der Waals surface area contributed by atoms with Gasteiger partial charge in [0.15, 0.2) is 11.3 Å². The first-order valence-electron chi connectivity index (χ1n) is 9.03. The molecule has 0 saturated carbocycles. The number of fused-ring (bicyclic) bond motifs is 1. The molecule has 152 valence electrons. The molecule has 1 aliphatic heterocycles. The number of aromatic nitrogens is 4. The predicted molar refractivity (Wildman–Crippen MR) is 96.2 cm³/mol. The lowest BCUT2D eigenvalue weighted by Crippen LogP contribution is -2.40. The van der Waals surface area contributed by atoms with Crippen LogP contribution >= 0.6 is 0 Å². The Labute approximate surface area is 163 Å². The molecule has 0 bridgehead atoms. The monoisotopic (exact) mass is 405 g/mol. The van der Waals surface area contributed by atoms with Crippen LogP contribution in [-0.2, 0) is 17.3 Å². The second-order valence-corrected chi connectivity index (χ2v) is 7.02. The summed E-state index contributed by atoms with van der Waals surface area (Å²) in [6.07, 6.45) is -0.524. The molecule has 3 aromatic heterocycles. The third-order valence-electron chi connectivity index (χ3n) is 4.84. The fraction of sp³-hybridized carbons (Fsp3) is 0.368. The quantitative estimate of drug-likeness (QED) is 0.721. The first-order valence-corrected chi connectivity index (χ1v) is 9.03. The summed E-state index contributed by atoms with van der Waals surface area (Å²) in [5.74, 6) is -0.513. The van der Waals surface area contributed by atoms with Crippen LogP contribution in [0.5, 0.6) is 0 Å². The van der Waals surface area contributed by atoms with E-state index < -0.39 is 17.8 Å². The van der Waals surface area contributed by atoms with E-state index in [1.54, 1.807) is 12.4 Å². The minimum atomic E-state index is -4.61. The van der Waals surface area contributed by atoms with Gasteiger partial charge >= 0.3 is 6.18 Å². The van der Waals surface area contributed by atoms with E-state index in [0.29, 0.717) is 24.1 Å². The van der Waals surface area contributed by atoms with Crippen molar-refractivity contribution in [1.82, 2.24) is 24.9 Å². The maximum Gasteiger partial charge on any atom is 0.433 e. The van der Waals surface area contributed by atoms with Gasteiger partial charge in [-0.1, -0.05) is 0 Å². The standard InChI is InChI=1S/C19H18F3N5O2/c1-11-6-16(19(20,21)22)27-17(24-11)8-14(26-27)18(28)25-15-10-29-9-13(15)7-12-2-4-23-5-3-12/h2-6,8,13,15H,7,9-10H2,1H3,(H,25,28)/t13-,15-/m1/s1. The van der Waals surface area contributed by atoms with E-state index in [2.05, 4.69) is 20.4 Å². The summed E-state index contributed by atoms with van der Waals surface area (Å²) in [5, 5.41) is 6.68. The largest absolute Gasteiger partial charge is 0.433 e. The molecule has 0 aliphatic carbocycles. The number of hydrogen-bond donors (Lipinski definition) is 1. The zero-order valence-corrected chi connectivity index (χ0v) is 15.5. The third kappa shape index (κ3) is 4.07. The highest BCUT2D eigenvalue weighted by atomic mass is 19.4. The smallest absolute Gasteiger partial charge is 0.379 e. The Hall–Kier alpha value is -3.01. The SMILES string of the molecule is Cc1cc(C(F)(F)F)n2nc(C(=O)N[C@@H]3COC[C@H]3Cc3ccncc3)cc2n1. The van der Waals surface area contributed by atoms with Gasteiger partial charge in [-0.3, -0.25) is 9.78 Å². The Morgan fingerprint density at radius 2 is 2.03 bits per heavy atom. The van der Waals surface area contributed by atoms with Crippen LogP contribution < -0.4 is 5.32 Å². The summed E-state index contributed by atoms with van der Waals surface area (Å²) in [4.78, 5) is 20.7. The van der Waals surface area contributed by atoms with Crippen molar-refractivity contribution in [3.63, 3.8) is 0 Å². The van der Waals surface area contributed by atoms with Crippen molar-refractivity contribution >= 4 is 11.6 Å². The first kappa shape index (κ1) is 19.3. The molecular formula is C19H18F3N5O2. The van der Waals surface area contributed by atoms with Gasteiger partial charge in [0.05, 0.1) is 19.3 Å². The molecule has 2 atom stereocenters. The number of hydrogen-bond acceptors (Lipinski definition) is 5. The molecule has 1 saturated heterocycles. The molecular weight excluding hydrogens is 387 g/mol. The maximum absolute atomic E-state index is 13.3. The van der Waals surface area contributed by atoms with E-state index in [4.69, 9.17) is 4.74 Å². The molecule has 7 nitrogen and oxygen atoms in total. The highest BCUT2D eigenvalue weighted by molar-refractivity contribution is 5.93. The van der Waals surface area contributed by atoms with Crippen LogP contribution in [0.2, 0.25) is 0 Å². The Bertz CT molecular complexity index is 1040. The minimum absolute atomic E-state index is 0.0292. The predicted octanol–water partition coefficient (Wildman–Crippen LogP) is 2.44. The van der Waals surface area contributed by atoms with Crippen molar-refractivity contribution in [1.29, 1.82) is 0 Å². The van der Waals surface area contributed by atoms with Crippen LogP contribution in [0.3, 0.4) is 0 Å². The molecule has 1 amide bonds. The summed E-state index contributed by atoms with van der Waals surface area (Å²) in [6, 6.07) is 5.68. The zero-order chi connectivity index (χ0) is 20.6. The van der Waals surface area contributed by atoms with Crippen molar-refractivity contribution in [2.75, 3.05) is 13.2 Å². The summed E-state index contributed by atoms with van der Waals surface area (Å²) in [7, 11) is 0. The lowest BCUT2D eigenvalue weighted by molar-refractivity contribution is -0.142. The fourth-order valence-electron chi connectivity index (χ4n) is 3.44. The summed E-state index contributed by atoms with van der Waals surface area (Å²) < 4.78 is 46.0. The lowest BCUT2D eigenvalue weighted by Gasteiger charge is -2.18. The lowest BCUT2D eigenvalue weighted by atomic mass is 9.95.